The van der Waals surface area contributed by atoms with E-state index in [9.17, 15) is 30.6 Å². The monoisotopic (exact) mass is 1130 g/mol. The zero-order chi connectivity index (χ0) is 57.1. The number of aromatic hydroxyl groups is 6. The molecule has 80 heavy (non-hydrogen) atoms. The number of Topliss-reactive ketones (excluding diaryl/α,β-unsaturated/α-hetero) is 2. The number of hydrogen-bond acceptors (Lipinski definition) is 11. The van der Waals surface area contributed by atoms with Gasteiger partial charge in [-0.05, 0) is 0 Å². The topological polar surface area (TPSA) is 183 Å². The Hall–Kier alpha value is -8.66. The van der Waals surface area contributed by atoms with Crippen molar-refractivity contribution >= 4 is 64.4 Å². The van der Waals surface area contributed by atoms with Gasteiger partial charge in [0.1, 0.15) is 0 Å². The number of halogens is 6. The third kappa shape index (κ3) is 10.5. The SMILES string of the molecule is O=C(CP(OB(Oc1cc(C(F)(F)F)cc(C(F)(F)F)c1)OP(CC(=O)c1ccccc1)(c1ccc(O)cc1)(c1ccc(O)cc1)c1ccc(O)cc1)(c1ccc(O)cc1)(c1ccc(O)cc1)c1ccc(O)cc1)c1ccccc1. The summed E-state index contributed by atoms with van der Waals surface area (Å²) in [6, 6.07) is 47.5. The zero-order valence-corrected chi connectivity index (χ0v) is 43.5. The molecule has 11 nitrogen and oxygen atoms in total. The summed E-state index contributed by atoms with van der Waals surface area (Å²) in [7, 11) is -2.75. The van der Waals surface area contributed by atoms with E-state index >= 15 is 35.9 Å². The Morgan fingerprint density at radius 3 is 0.825 bits per heavy atom. The van der Waals surface area contributed by atoms with Gasteiger partial charge in [0.25, 0.3) is 0 Å². The predicted molar refractivity (Wildman–Crippen MR) is 297 cm³/mol. The predicted octanol–water partition coefficient (Wildman–Crippen LogP) is 11.0. The third-order valence-electron chi connectivity index (χ3n) is 13.9. The minimum absolute atomic E-state index is 0.0336. The molecule has 0 fully saturated rings. The summed E-state index contributed by atoms with van der Waals surface area (Å²) in [5.41, 5.74) is -3.47. The fourth-order valence-corrected chi connectivity index (χ4v) is 20.9. The Kier molecular flexibility index (Phi) is 15.1. The van der Waals surface area contributed by atoms with Crippen molar-refractivity contribution in [3.05, 3.63) is 247 Å². The van der Waals surface area contributed by atoms with Crippen LogP contribution in [0.2, 0.25) is 0 Å². The molecule has 0 spiro atoms. The second-order valence-corrected chi connectivity index (χ2v) is 27.8. The Bertz CT molecular complexity index is 3200. The maximum absolute atomic E-state index is 15.6. The quantitative estimate of drug-likeness (QED) is 0.0208. The van der Waals surface area contributed by atoms with Crippen LogP contribution in [0.4, 0.5) is 26.3 Å². The van der Waals surface area contributed by atoms with Crippen LogP contribution >= 0.6 is 13.7 Å². The van der Waals surface area contributed by atoms with Crippen LogP contribution in [0.25, 0.3) is 0 Å². The first-order valence-corrected chi connectivity index (χ1v) is 29.0. The fraction of sp³-hybridized carbons (Fsp3) is 0.0667. The third-order valence-corrected chi connectivity index (χ3v) is 25.3. The second-order valence-electron chi connectivity index (χ2n) is 18.8. The van der Waals surface area contributed by atoms with E-state index in [4.69, 9.17) is 13.5 Å². The number of rotatable bonds is 18. The minimum atomic E-state index is -5.80. The van der Waals surface area contributed by atoms with E-state index in [-0.39, 0.29) is 95.7 Å². The Morgan fingerprint density at radius 2 is 0.600 bits per heavy atom. The Labute approximate surface area is 454 Å². The van der Waals surface area contributed by atoms with Gasteiger partial charge in [0.05, 0.1) is 0 Å². The first-order valence-electron chi connectivity index (χ1n) is 24.3. The van der Waals surface area contributed by atoms with Gasteiger partial charge in [-0.15, -0.1) is 0 Å². The van der Waals surface area contributed by atoms with Gasteiger partial charge in [0.15, 0.2) is 0 Å². The van der Waals surface area contributed by atoms with Crippen molar-refractivity contribution in [2.24, 2.45) is 0 Å². The van der Waals surface area contributed by atoms with Crippen molar-refractivity contribution in [2.45, 2.75) is 12.4 Å². The van der Waals surface area contributed by atoms with Crippen molar-refractivity contribution < 1.29 is 80.1 Å². The number of benzene rings is 9. The van der Waals surface area contributed by atoms with E-state index < -0.39 is 74.1 Å². The molecule has 0 saturated carbocycles. The number of hydrogen-bond donors (Lipinski definition) is 6. The molecule has 0 bridgehead atoms. The molecule has 0 amide bonds. The second kappa shape index (κ2) is 21.5. The van der Waals surface area contributed by atoms with Crippen LogP contribution < -0.4 is 36.5 Å². The summed E-state index contributed by atoms with van der Waals surface area (Å²) in [4.78, 5) is 31.2. The van der Waals surface area contributed by atoms with Gasteiger partial charge >= 0.3 is 456 Å². The molecule has 0 aliphatic carbocycles. The van der Waals surface area contributed by atoms with Crippen LogP contribution in [0.5, 0.6) is 40.2 Å². The van der Waals surface area contributed by atoms with E-state index in [1.807, 2.05) is 0 Å². The molecule has 9 rings (SSSR count). The van der Waals surface area contributed by atoms with Crippen molar-refractivity contribution in [2.75, 3.05) is 12.3 Å². The van der Waals surface area contributed by atoms with E-state index in [0.29, 0.717) is 0 Å². The number of carbonyl (C=O) groups excluding carboxylic acids is 2. The molecule has 0 saturated heterocycles. The molecule has 20 heteroatoms. The molecule has 0 atom stereocenters. The van der Waals surface area contributed by atoms with Crippen molar-refractivity contribution in [1.29, 1.82) is 0 Å². The van der Waals surface area contributed by atoms with E-state index in [0.717, 1.165) is 0 Å². The van der Waals surface area contributed by atoms with Gasteiger partial charge in [0, 0.05) is 0 Å². The molecule has 9 aromatic rings. The molecule has 6 N–H and O–H groups in total. The average molecular weight is 1130 g/mol. The van der Waals surface area contributed by atoms with Crippen molar-refractivity contribution in [3.63, 3.8) is 0 Å². The molecular weight excluding hydrogens is 1080 g/mol. The van der Waals surface area contributed by atoms with Crippen LogP contribution in [0, 0.1) is 0 Å². The Morgan fingerprint density at radius 1 is 0.362 bits per heavy atom. The Balaban J connectivity index is 1.51. The summed E-state index contributed by atoms with van der Waals surface area (Å²) >= 11 is 0. The maximum atomic E-state index is 15.6. The number of carbonyl (C=O) groups is 2. The van der Waals surface area contributed by atoms with Crippen LogP contribution in [0.15, 0.2) is 224 Å². The molecule has 0 aliphatic heterocycles. The van der Waals surface area contributed by atoms with Gasteiger partial charge in [-0.25, -0.2) is 0 Å². The van der Waals surface area contributed by atoms with Gasteiger partial charge in [-0.1, -0.05) is 0 Å². The standard InChI is InChI=1S/C60H47BF6O11P2/c62-59(63,64)42-35-43(60(65,66)67)37-50(36-42)76-61(77-79(51-23-11-44(68)12-24-51,52-25-13-45(69)14-26-52,53-27-15-46(70)16-28-53)38-57(74)40-7-3-1-4-8-40)78-80(54-29-17-47(71)18-30-54,55-31-19-48(72)20-32-55,56-33-21-49(73)22-34-56)39-58(75)41-9-5-2-6-10-41/h1-37,68-73H,38-39H2. The number of ketones is 2. The van der Waals surface area contributed by atoms with Crippen molar-refractivity contribution in [1.82, 2.24) is 0 Å². The summed E-state index contributed by atoms with van der Waals surface area (Å²) in [6.45, 7) is -11.6. The number of phenols is 6. The fourth-order valence-electron chi connectivity index (χ4n) is 10.0. The molecule has 0 aromatic heterocycles. The average Bonchev–Trinajstić information content (AvgIpc) is 3.51. The van der Waals surface area contributed by atoms with E-state index in [1.165, 1.54) is 170 Å². The van der Waals surface area contributed by atoms with Gasteiger partial charge < -0.3 is 0 Å². The van der Waals surface area contributed by atoms with Gasteiger partial charge in [-0.3, -0.25) is 0 Å². The first kappa shape index (κ1) is 56.1. The number of phenolic OH excluding ortho intramolecular Hbond substituents is 6. The summed E-state index contributed by atoms with van der Waals surface area (Å²) < 4.78 is 112. The summed E-state index contributed by atoms with van der Waals surface area (Å²) in [6.07, 6.45) is -12.5. The van der Waals surface area contributed by atoms with Crippen LogP contribution in [0.1, 0.15) is 31.8 Å². The van der Waals surface area contributed by atoms with Crippen LogP contribution in [-0.2, 0) is 21.2 Å². The van der Waals surface area contributed by atoms with Crippen LogP contribution in [0.3, 0.4) is 0 Å². The van der Waals surface area contributed by atoms with E-state index in [1.54, 1.807) is 36.4 Å². The molecule has 9 aromatic carbocycles. The van der Waals surface area contributed by atoms with Crippen LogP contribution in [-0.4, -0.2) is 61.9 Å². The summed E-state index contributed by atoms with van der Waals surface area (Å²) in [5.74, 6) is -4.34. The normalized spacial score (nSPS) is 13.0. The molecule has 0 radical (unpaired) electrons. The first-order chi connectivity index (χ1) is 38.0. The molecular formula is C60H47BF6O11P2. The molecule has 408 valence electrons. The molecule has 0 unspecified atom stereocenters. The summed E-state index contributed by atoms with van der Waals surface area (Å²) in [5, 5.41) is 66.0. The van der Waals surface area contributed by atoms with Gasteiger partial charge in [0.2, 0.25) is 0 Å². The van der Waals surface area contributed by atoms with E-state index in [2.05, 4.69) is 0 Å². The molecule has 0 aliphatic rings. The number of alkyl halides is 6. The zero-order valence-electron chi connectivity index (χ0n) is 41.7. The van der Waals surface area contributed by atoms with Crippen molar-refractivity contribution in [3.8, 4) is 40.2 Å². The van der Waals surface area contributed by atoms with Gasteiger partial charge in [-0.2, -0.15) is 0 Å². The molecule has 0 heterocycles.